The maximum Gasteiger partial charge on any atom is 0.430 e. The van der Waals surface area contributed by atoms with Gasteiger partial charge in [-0.15, -0.1) is 0 Å². The third-order valence-electron chi connectivity index (χ3n) is 7.31. The van der Waals surface area contributed by atoms with Crippen molar-refractivity contribution in [1.29, 1.82) is 0 Å². The first-order chi connectivity index (χ1) is 17.2. The molecule has 1 saturated carbocycles. The lowest BCUT2D eigenvalue weighted by molar-refractivity contribution is 0.0956. The van der Waals surface area contributed by atoms with Crippen molar-refractivity contribution in [2.24, 2.45) is 0 Å². The number of nitrogens with one attached hydrogen (secondary N) is 1. The molecule has 1 aromatic carbocycles. The quantitative estimate of drug-likeness (QED) is 0.385. The van der Waals surface area contributed by atoms with E-state index in [0.717, 1.165) is 25.8 Å². The Morgan fingerprint density at radius 3 is 2.42 bits per heavy atom. The summed E-state index contributed by atoms with van der Waals surface area (Å²) in [5, 5.41) is 1.59. The topological polar surface area (TPSA) is 125 Å². The Kier molecular flexibility index (Phi) is 10.3. The predicted molar refractivity (Wildman–Crippen MR) is 142 cm³/mol. The second-order valence-electron chi connectivity index (χ2n) is 9.97. The monoisotopic (exact) mass is 520 g/mol. The molecule has 0 radical (unpaired) electrons. The second-order valence-corrected chi connectivity index (χ2v) is 11.3. The van der Waals surface area contributed by atoms with Crippen LogP contribution in [0, 0.1) is 0 Å². The fourth-order valence-electron chi connectivity index (χ4n) is 5.76. The molecule has 0 saturated heterocycles. The lowest BCUT2D eigenvalue weighted by Crippen LogP contribution is -2.45. The van der Waals surface area contributed by atoms with Crippen molar-refractivity contribution in [1.82, 2.24) is 19.5 Å². The van der Waals surface area contributed by atoms with E-state index >= 15 is 0 Å². The highest BCUT2D eigenvalue weighted by molar-refractivity contribution is 7.50. The van der Waals surface area contributed by atoms with Crippen LogP contribution in [0.3, 0.4) is 0 Å². The molecule has 1 aliphatic carbocycles. The van der Waals surface area contributed by atoms with Crippen molar-refractivity contribution in [3.05, 3.63) is 40.3 Å². The largest absolute Gasteiger partial charge is 0.430 e. The zero-order valence-corrected chi connectivity index (χ0v) is 22.6. The molecular weight excluding hydrogens is 479 g/mol. The average Bonchev–Trinajstić information content (AvgIpc) is 2.79. The molecule has 200 valence electrons. The van der Waals surface area contributed by atoms with E-state index in [9.17, 15) is 23.9 Å². The van der Waals surface area contributed by atoms with Crippen molar-refractivity contribution in [2.45, 2.75) is 103 Å². The highest BCUT2D eigenvalue weighted by atomic mass is 31.2. The number of benzene rings is 1. The maximum atomic E-state index is 13.5. The van der Waals surface area contributed by atoms with E-state index in [2.05, 4.69) is 23.7 Å². The van der Waals surface area contributed by atoms with Crippen LogP contribution in [0.4, 0.5) is 0 Å². The number of rotatable bonds is 10. The van der Waals surface area contributed by atoms with Crippen molar-refractivity contribution < 1.29 is 19.1 Å². The number of amides is 1. The summed E-state index contributed by atoms with van der Waals surface area (Å²) in [6, 6.07) is 7.64. The van der Waals surface area contributed by atoms with Crippen molar-refractivity contribution in [2.75, 3.05) is 6.54 Å². The molecule has 1 fully saturated rings. The van der Waals surface area contributed by atoms with Gasteiger partial charge in [0.25, 0.3) is 11.5 Å². The van der Waals surface area contributed by atoms with E-state index < -0.39 is 24.9 Å². The van der Waals surface area contributed by atoms with Gasteiger partial charge in [-0.3, -0.25) is 19.6 Å². The molecule has 1 aromatic heterocycles. The maximum absolute atomic E-state index is 13.5. The average molecular weight is 521 g/mol. The Balaban J connectivity index is 1.98. The van der Waals surface area contributed by atoms with Crippen molar-refractivity contribution in [3.8, 4) is 0 Å². The minimum Gasteiger partial charge on any atom is -0.308 e. The zero-order valence-electron chi connectivity index (χ0n) is 21.7. The lowest BCUT2D eigenvalue weighted by atomic mass is 9.92. The van der Waals surface area contributed by atoms with Crippen LogP contribution in [0.15, 0.2) is 29.1 Å². The third-order valence-corrected chi connectivity index (χ3v) is 7.81. The number of aromatic nitrogens is 2. The first-order valence-electron chi connectivity index (χ1n) is 13.3. The molecule has 10 heteroatoms. The molecule has 2 atom stereocenters. The highest BCUT2D eigenvalue weighted by Crippen LogP contribution is 2.30. The molecule has 1 amide bonds. The molecule has 3 rings (SSSR count). The van der Waals surface area contributed by atoms with Crippen LogP contribution in [0.2, 0.25) is 0 Å². The molecule has 1 aliphatic rings. The standard InChI is InChI=1S/C26H41N4O5P/c1-4-13-21(29(5-2)20-14-9-7-6-8-10-15-20)18-19(3)30-23-17-12-11-16-22(23)27-24(26(30)32)25(31)28-36(33,34)35/h11-12,16-17,19-21H,4-10,13-15,18H2,1-3H3,(H3,28,31,33,34,35)/t19-,21-/m1/s1. The summed E-state index contributed by atoms with van der Waals surface area (Å²) in [6.45, 7) is 7.32. The number of fused-ring (bicyclic) bond motifs is 1. The minimum absolute atomic E-state index is 0.244. The smallest absolute Gasteiger partial charge is 0.308 e. The van der Waals surface area contributed by atoms with Gasteiger partial charge in [-0.25, -0.2) is 9.55 Å². The van der Waals surface area contributed by atoms with E-state index in [1.165, 1.54) is 44.9 Å². The summed E-state index contributed by atoms with van der Waals surface area (Å²) >= 11 is 0. The molecule has 2 aromatic rings. The summed E-state index contributed by atoms with van der Waals surface area (Å²) in [6.07, 6.45) is 11.6. The predicted octanol–water partition coefficient (Wildman–Crippen LogP) is 4.77. The van der Waals surface area contributed by atoms with Crippen LogP contribution in [0.1, 0.15) is 102 Å². The molecular formula is C26H41N4O5P. The van der Waals surface area contributed by atoms with E-state index in [1.807, 2.05) is 13.0 Å². The van der Waals surface area contributed by atoms with E-state index in [-0.39, 0.29) is 12.1 Å². The first kappa shape index (κ1) is 28.5. The molecule has 0 bridgehead atoms. The molecule has 9 nitrogen and oxygen atoms in total. The Bertz CT molecular complexity index is 1120. The summed E-state index contributed by atoms with van der Waals surface area (Å²) in [5.41, 5.74) is -0.120. The van der Waals surface area contributed by atoms with Gasteiger partial charge >= 0.3 is 7.75 Å². The van der Waals surface area contributed by atoms with E-state index in [0.29, 0.717) is 17.1 Å². The Morgan fingerprint density at radius 1 is 1.17 bits per heavy atom. The lowest BCUT2D eigenvalue weighted by Gasteiger charge is -2.40. The van der Waals surface area contributed by atoms with Gasteiger partial charge in [0.1, 0.15) is 0 Å². The number of hydrogen-bond donors (Lipinski definition) is 3. The summed E-state index contributed by atoms with van der Waals surface area (Å²) in [7, 11) is -4.87. The summed E-state index contributed by atoms with van der Waals surface area (Å²) < 4.78 is 12.9. The van der Waals surface area contributed by atoms with Crippen LogP contribution in [-0.2, 0) is 4.57 Å². The fourth-order valence-corrected chi connectivity index (χ4v) is 6.13. The van der Waals surface area contributed by atoms with Crippen LogP contribution in [-0.4, -0.2) is 48.8 Å². The minimum atomic E-state index is -4.87. The van der Waals surface area contributed by atoms with Crippen LogP contribution >= 0.6 is 7.75 Å². The van der Waals surface area contributed by atoms with E-state index in [1.54, 1.807) is 27.9 Å². The normalized spacial score (nSPS) is 17.5. The van der Waals surface area contributed by atoms with Crippen LogP contribution < -0.4 is 10.6 Å². The van der Waals surface area contributed by atoms with Gasteiger partial charge in [-0.1, -0.05) is 64.5 Å². The van der Waals surface area contributed by atoms with Crippen molar-refractivity contribution in [3.63, 3.8) is 0 Å². The number of para-hydroxylation sites is 2. The van der Waals surface area contributed by atoms with Gasteiger partial charge in [-0.2, -0.15) is 0 Å². The third kappa shape index (κ3) is 7.25. The van der Waals surface area contributed by atoms with Crippen molar-refractivity contribution >= 4 is 24.7 Å². The van der Waals surface area contributed by atoms with Crippen LogP contribution in [0.5, 0.6) is 0 Å². The Morgan fingerprint density at radius 2 is 1.81 bits per heavy atom. The SMILES string of the molecule is CCC[C@H](C[C@@H](C)n1c(=O)c(C(=O)NP(=O)(O)O)nc2ccccc21)N(CC)C1CCCCCCC1. The number of carbonyl (C=O) groups excluding carboxylic acids is 1. The first-order valence-corrected chi connectivity index (χ1v) is 14.9. The fraction of sp³-hybridized carbons (Fsp3) is 0.654. The van der Waals surface area contributed by atoms with Gasteiger partial charge in [0.05, 0.1) is 11.0 Å². The van der Waals surface area contributed by atoms with Crippen LogP contribution in [0.25, 0.3) is 11.0 Å². The molecule has 1 heterocycles. The van der Waals surface area contributed by atoms with Gasteiger partial charge in [0.15, 0.2) is 5.69 Å². The highest BCUT2D eigenvalue weighted by Gasteiger charge is 2.29. The molecule has 36 heavy (non-hydrogen) atoms. The van der Waals surface area contributed by atoms with E-state index in [4.69, 9.17) is 0 Å². The number of carbonyl (C=O) groups is 1. The van der Waals surface area contributed by atoms with Gasteiger partial charge in [-0.05, 0) is 51.3 Å². The number of nitrogens with zero attached hydrogens (tertiary/aromatic N) is 3. The molecule has 0 spiro atoms. The Labute approximate surface area is 213 Å². The molecule has 0 aliphatic heterocycles. The zero-order chi connectivity index (χ0) is 26.3. The van der Waals surface area contributed by atoms with Gasteiger partial charge < -0.3 is 14.4 Å². The molecule has 0 unspecified atom stereocenters. The number of hydrogen-bond acceptors (Lipinski definition) is 5. The molecule has 3 N–H and O–H groups in total. The summed E-state index contributed by atoms with van der Waals surface area (Å²) in [5.74, 6) is -1.17. The van der Waals surface area contributed by atoms with Gasteiger partial charge in [0.2, 0.25) is 0 Å². The van der Waals surface area contributed by atoms with Gasteiger partial charge in [0, 0.05) is 18.1 Å². The summed E-state index contributed by atoms with van der Waals surface area (Å²) in [4.78, 5) is 51.2. The second kappa shape index (κ2) is 13.0. The Hall–Kier alpha value is -2.06.